The van der Waals surface area contributed by atoms with Crippen molar-refractivity contribution in [3.05, 3.63) is 52.5 Å². The van der Waals surface area contributed by atoms with Crippen LogP contribution in [0.4, 0.5) is 11.4 Å². The van der Waals surface area contributed by atoms with Gasteiger partial charge >= 0.3 is 0 Å². The molecule has 2 fully saturated rings. The molecule has 4 rings (SSSR count). The maximum Gasteiger partial charge on any atom is 0.235 e. The van der Waals surface area contributed by atoms with Gasteiger partial charge in [-0.2, -0.15) is 0 Å². The van der Waals surface area contributed by atoms with E-state index in [-0.39, 0.29) is 11.8 Å². The number of ether oxygens (including phenoxy) is 1. The van der Waals surface area contributed by atoms with Gasteiger partial charge < -0.3 is 15.0 Å². The van der Waals surface area contributed by atoms with Gasteiger partial charge in [-0.05, 0) is 49.1 Å². The van der Waals surface area contributed by atoms with Gasteiger partial charge in [0, 0.05) is 29.2 Å². The minimum absolute atomic E-state index is 0.00289. The van der Waals surface area contributed by atoms with E-state index in [2.05, 4.69) is 21.2 Å². The predicted molar refractivity (Wildman–Crippen MR) is 108 cm³/mol. The van der Waals surface area contributed by atoms with E-state index in [1.807, 2.05) is 36.4 Å². The Bertz CT molecular complexity index is 891. The average molecular weight is 429 g/mol. The molecule has 6 heteroatoms. The zero-order chi connectivity index (χ0) is 19.0. The molecule has 1 aliphatic carbocycles. The number of methoxy groups -OCH3 is 1. The van der Waals surface area contributed by atoms with E-state index in [4.69, 9.17) is 4.74 Å². The van der Waals surface area contributed by atoms with Crippen LogP contribution in [0.1, 0.15) is 31.2 Å². The van der Waals surface area contributed by atoms with Gasteiger partial charge in [0.2, 0.25) is 11.8 Å². The fourth-order valence-corrected chi connectivity index (χ4v) is 3.94. The molecule has 0 spiro atoms. The highest BCUT2D eigenvalue weighted by Gasteiger charge is 2.51. The normalized spacial score (nSPS) is 17.7. The highest BCUT2D eigenvalue weighted by Crippen LogP contribution is 2.49. The molecule has 2 aromatic rings. The highest BCUT2D eigenvalue weighted by atomic mass is 79.9. The van der Waals surface area contributed by atoms with Crippen LogP contribution in [-0.2, 0) is 15.0 Å². The summed E-state index contributed by atoms with van der Waals surface area (Å²) in [7, 11) is 1.58. The predicted octanol–water partition coefficient (Wildman–Crippen LogP) is 4.25. The Morgan fingerprint density at radius 1 is 1.19 bits per heavy atom. The van der Waals surface area contributed by atoms with Crippen molar-refractivity contribution < 1.29 is 14.3 Å². The smallest absolute Gasteiger partial charge is 0.235 e. The number of nitrogens with one attached hydrogen (secondary N) is 1. The molecule has 2 amide bonds. The molecule has 1 saturated heterocycles. The van der Waals surface area contributed by atoms with Crippen molar-refractivity contribution in [2.24, 2.45) is 0 Å². The Kier molecular flexibility index (Phi) is 4.68. The average Bonchev–Trinajstić information content (AvgIpc) is 3.38. The van der Waals surface area contributed by atoms with Crippen LogP contribution in [0.3, 0.4) is 0 Å². The summed E-state index contributed by atoms with van der Waals surface area (Å²) in [6.07, 6.45) is 3.11. The van der Waals surface area contributed by atoms with E-state index in [0.29, 0.717) is 24.4 Å². The molecule has 0 atom stereocenters. The van der Waals surface area contributed by atoms with Gasteiger partial charge in [0.15, 0.2) is 0 Å². The van der Waals surface area contributed by atoms with E-state index in [1.54, 1.807) is 18.1 Å². The molecule has 1 heterocycles. The summed E-state index contributed by atoms with van der Waals surface area (Å²) in [4.78, 5) is 26.7. The molecule has 0 unspecified atom stereocenters. The summed E-state index contributed by atoms with van der Waals surface area (Å²) < 4.78 is 6.48. The Labute approximate surface area is 166 Å². The monoisotopic (exact) mass is 428 g/mol. The van der Waals surface area contributed by atoms with Crippen LogP contribution < -0.4 is 15.0 Å². The van der Waals surface area contributed by atoms with Crippen molar-refractivity contribution >= 4 is 39.1 Å². The summed E-state index contributed by atoms with van der Waals surface area (Å²) in [6, 6.07) is 13.4. The van der Waals surface area contributed by atoms with Gasteiger partial charge in [0.05, 0.1) is 18.2 Å². The molecule has 0 bridgehead atoms. The number of benzene rings is 2. The van der Waals surface area contributed by atoms with Crippen LogP contribution >= 0.6 is 15.9 Å². The third-order valence-corrected chi connectivity index (χ3v) is 5.91. The van der Waals surface area contributed by atoms with Crippen LogP contribution in [0.2, 0.25) is 0 Å². The number of rotatable bonds is 5. The lowest BCUT2D eigenvalue weighted by Gasteiger charge is -2.21. The Hall–Kier alpha value is -2.34. The second-order valence-corrected chi connectivity index (χ2v) is 7.99. The Morgan fingerprint density at radius 3 is 2.52 bits per heavy atom. The molecule has 1 N–H and O–H groups in total. The van der Waals surface area contributed by atoms with Gasteiger partial charge in [0.1, 0.15) is 5.75 Å². The minimum Gasteiger partial charge on any atom is -0.494 e. The van der Waals surface area contributed by atoms with Crippen LogP contribution in [0.5, 0.6) is 5.75 Å². The van der Waals surface area contributed by atoms with E-state index < -0.39 is 5.41 Å². The number of hydrogen-bond acceptors (Lipinski definition) is 3. The Balaban J connectivity index is 1.55. The molecule has 2 aliphatic rings. The number of amides is 2. The van der Waals surface area contributed by atoms with Gasteiger partial charge in [-0.15, -0.1) is 0 Å². The summed E-state index contributed by atoms with van der Waals surface area (Å²) in [5.41, 5.74) is 2.02. The maximum absolute atomic E-state index is 12.9. The first kappa shape index (κ1) is 18.0. The molecule has 0 radical (unpaired) electrons. The van der Waals surface area contributed by atoms with E-state index >= 15 is 0 Å². The first-order valence-electron chi connectivity index (χ1n) is 9.09. The van der Waals surface area contributed by atoms with Crippen molar-refractivity contribution in [3.8, 4) is 5.75 Å². The fourth-order valence-electron chi connectivity index (χ4n) is 3.67. The van der Waals surface area contributed by atoms with Gasteiger partial charge in [-0.3, -0.25) is 9.59 Å². The number of halogens is 1. The number of carbonyl (C=O) groups is 2. The quantitative estimate of drug-likeness (QED) is 0.773. The molecule has 2 aromatic carbocycles. The summed E-state index contributed by atoms with van der Waals surface area (Å²) >= 11 is 3.44. The lowest BCUT2D eigenvalue weighted by atomic mass is 9.95. The number of carbonyl (C=O) groups excluding carboxylic acids is 2. The molecule has 5 nitrogen and oxygen atoms in total. The lowest BCUT2D eigenvalue weighted by Crippen LogP contribution is -2.28. The van der Waals surface area contributed by atoms with E-state index in [9.17, 15) is 9.59 Å². The molecular formula is C21H21BrN2O3. The molecule has 0 aromatic heterocycles. The van der Waals surface area contributed by atoms with Crippen molar-refractivity contribution in [2.75, 3.05) is 23.9 Å². The van der Waals surface area contributed by atoms with Gasteiger partial charge in [-0.25, -0.2) is 0 Å². The molecule has 27 heavy (non-hydrogen) atoms. The fraction of sp³-hybridized carbons (Fsp3) is 0.333. The summed E-state index contributed by atoms with van der Waals surface area (Å²) in [5, 5.41) is 3.03. The number of nitrogens with zero attached hydrogens (tertiary/aromatic N) is 1. The van der Waals surface area contributed by atoms with Crippen molar-refractivity contribution in [3.63, 3.8) is 0 Å². The molecule has 140 valence electrons. The van der Waals surface area contributed by atoms with Crippen LogP contribution in [0.25, 0.3) is 0 Å². The second kappa shape index (κ2) is 7.00. The van der Waals surface area contributed by atoms with Crippen LogP contribution in [0.15, 0.2) is 46.9 Å². The zero-order valence-corrected chi connectivity index (χ0v) is 16.7. The SMILES string of the molecule is COc1cc(NC(=O)C2(c3ccc(Br)cc3)CC2)ccc1N1CCCC1=O. The van der Waals surface area contributed by atoms with Crippen molar-refractivity contribution in [2.45, 2.75) is 31.1 Å². The van der Waals surface area contributed by atoms with E-state index in [1.165, 1.54) is 0 Å². The topological polar surface area (TPSA) is 58.6 Å². The van der Waals surface area contributed by atoms with Crippen molar-refractivity contribution in [1.29, 1.82) is 0 Å². The van der Waals surface area contributed by atoms with E-state index in [0.717, 1.165) is 35.0 Å². The number of anilines is 2. The van der Waals surface area contributed by atoms with Gasteiger partial charge in [-0.1, -0.05) is 28.1 Å². The third-order valence-electron chi connectivity index (χ3n) is 5.38. The van der Waals surface area contributed by atoms with Gasteiger partial charge in [0.25, 0.3) is 0 Å². The third kappa shape index (κ3) is 3.34. The Morgan fingerprint density at radius 2 is 1.93 bits per heavy atom. The first-order valence-corrected chi connectivity index (χ1v) is 9.89. The summed E-state index contributed by atoms with van der Waals surface area (Å²) in [5.74, 6) is 0.700. The molecule has 1 aliphatic heterocycles. The first-order chi connectivity index (χ1) is 13.0. The zero-order valence-electron chi connectivity index (χ0n) is 15.1. The largest absolute Gasteiger partial charge is 0.494 e. The number of hydrogen-bond donors (Lipinski definition) is 1. The van der Waals surface area contributed by atoms with Crippen LogP contribution in [0, 0.1) is 0 Å². The highest BCUT2D eigenvalue weighted by molar-refractivity contribution is 9.10. The summed E-state index contributed by atoms with van der Waals surface area (Å²) in [6.45, 7) is 0.702. The van der Waals surface area contributed by atoms with Crippen LogP contribution in [-0.4, -0.2) is 25.5 Å². The molecule has 1 saturated carbocycles. The second-order valence-electron chi connectivity index (χ2n) is 7.08. The standard InChI is InChI=1S/C21H21BrN2O3/c1-27-18-13-16(8-9-17(18)24-12-2-3-19(24)25)23-20(26)21(10-11-21)14-4-6-15(22)7-5-14/h4-9,13H,2-3,10-12H2,1H3,(H,23,26). The maximum atomic E-state index is 12.9. The minimum atomic E-state index is -0.447. The molecular weight excluding hydrogens is 408 g/mol. The van der Waals surface area contributed by atoms with Crippen molar-refractivity contribution in [1.82, 2.24) is 0 Å². The lowest BCUT2D eigenvalue weighted by molar-refractivity contribution is -0.118.